The summed E-state index contributed by atoms with van der Waals surface area (Å²) in [5.41, 5.74) is 8.03. The number of hydrogen-bond donors (Lipinski definition) is 3. The van der Waals surface area contributed by atoms with Crippen molar-refractivity contribution in [2.45, 2.75) is 20.4 Å². The Kier molecular flexibility index (Phi) is 8.01. The van der Waals surface area contributed by atoms with Crippen LogP contribution in [0.25, 0.3) is 0 Å². The Morgan fingerprint density at radius 1 is 1.19 bits per heavy atom. The Morgan fingerprint density at radius 3 is 2.48 bits per heavy atom. The van der Waals surface area contributed by atoms with Gasteiger partial charge in [0.2, 0.25) is 0 Å². The first-order valence-electron chi connectivity index (χ1n) is 6.92. The number of halogens is 1. The second-order valence-electron chi connectivity index (χ2n) is 4.36. The van der Waals surface area contributed by atoms with Gasteiger partial charge in [-0.3, -0.25) is 15.6 Å². The van der Waals surface area contributed by atoms with Gasteiger partial charge in [-0.05, 0) is 37.6 Å². The Bertz CT molecular complexity index is 495. The molecule has 0 aliphatic rings. The minimum absolute atomic E-state index is 0.142. The first kappa shape index (κ1) is 17.1. The van der Waals surface area contributed by atoms with Crippen LogP contribution < -0.4 is 16.2 Å². The van der Waals surface area contributed by atoms with Crippen LogP contribution >= 0.6 is 0 Å². The number of nitrogens with one attached hydrogen (secondary N) is 3. The molecule has 0 atom stereocenters. The molecule has 0 bridgehead atoms. The molecule has 0 saturated heterocycles. The predicted molar refractivity (Wildman–Crippen MR) is 83.3 cm³/mol. The van der Waals surface area contributed by atoms with Gasteiger partial charge in [-0.25, -0.2) is 4.39 Å². The molecular formula is C16H22FN3O. The molecule has 0 spiro atoms. The monoisotopic (exact) mass is 291 g/mol. The molecule has 1 aromatic rings. The highest BCUT2D eigenvalue weighted by Crippen LogP contribution is 2.05. The fraction of sp³-hybridized carbons (Fsp3) is 0.312. The normalized spacial score (nSPS) is 11.9. The van der Waals surface area contributed by atoms with E-state index in [1.54, 1.807) is 12.1 Å². The van der Waals surface area contributed by atoms with Crippen LogP contribution in [0.15, 0.2) is 48.2 Å². The van der Waals surface area contributed by atoms with Crippen LogP contribution in [-0.2, 0) is 6.54 Å². The number of benzene rings is 1. The zero-order chi connectivity index (χ0) is 15.5. The zero-order valence-corrected chi connectivity index (χ0v) is 12.4. The van der Waals surface area contributed by atoms with E-state index in [1.165, 1.54) is 0 Å². The Morgan fingerprint density at radius 2 is 1.90 bits per heavy atom. The smallest absolute Gasteiger partial charge is 0.255 e. The highest BCUT2D eigenvalue weighted by molar-refractivity contribution is 5.95. The van der Waals surface area contributed by atoms with Crippen molar-refractivity contribution in [2.75, 3.05) is 13.2 Å². The third-order valence-electron chi connectivity index (χ3n) is 2.77. The molecule has 5 heteroatoms. The van der Waals surface area contributed by atoms with Crippen LogP contribution in [0.4, 0.5) is 4.39 Å². The standard InChI is InChI=1S/C16H22FN3O/c1-3-5-15(4-2)20-16(21)14-8-6-13(7-9-14)12-19-18-11-10-17/h3-9,18-19H,10-12H2,1-2H3,(H,20,21)/b5-3-,15-4+. The lowest BCUT2D eigenvalue weighted by atomic mass is 10.1. The Balaban J connectivity index is 2.55. The van der Waals surface area contributed by atoms with Gasteiger partial charge in [0.15, 0.2) is 0 Å². The third-order valence-corrected chi connectivity index (χ3v) is 2.77. The summed E-state index contributed by atoms with van der Waals surface area (Å²) in [4.78, 5) is 12.0. The summed E-state index contributed by atoms with van der Waals surface area (Å²) in [7, 11) is 0. The Hall–Kier alpha value is -1.98. The minimum atomic E-state index is -0.411. The maximum atomic E-state index is 12.0. The molecule has 0 radical (unpaired) electrons. The molecule has 0 fully saturated rings. The van der Waals surface area contributed by atoms with Gasteiger partial charge in [0.1, 0.15) is 6.67 Å². The second-order valence-corrected chi connectivity index (χ2v) is 4.36. The molecule has 1 aromatic carbocycles. The average Bonchev–Trinajstić information content (AvgIpc) is 2.51. The lowest BCUT2D eigenvalue weighted by molar-refractivity contribution is 0.0967. The number of rotatable bonds is 8. The molecule has 21 heavy (non-hydrogen) atoms. The SMILES string of the molecule is C/C=C\C(=C/C)NC(=O)c1ccc(CNNCCF)cc1. The van der Waals surface area contributed by atoms with E-state index < -0.39 is 6.67 Å². The molecule has 1 amide bonds. The van der Waals surface area contributed by atoms with E-state index in [1.807, 2.05) is 44.2 Å². The molecule has 0 aliphatic carbocycles. The van der Waals surface area contributed by atoms with E-state index >= 15 is 0 Å². The lowest BCUT2D eigenvalue weighted by Gasteiger charge is -2.08. The van der Waals surface area contributed by atoms with Crippen LogP contribution in [0, 0.1) is 0 Å². The topological polar surface area (TPSA) is 53.2 Å². The molecular weight excluding hydrogens is 269 g/mol. The van der Waals surface area contributed by atoms with Crippen molar-refractivity contribution >= 4 is 5.91 Å². The molecule has 0 aliphatic heterocycles. The van der Waals surface area contributed by atoms with Crippen molar-refractivity contribution < 1.29 is 9.18 Å². The molecule has 0 heterocycles. The Labute approximate surface area is 125 Å². The second kappa shape index (κ2) is 9.85. The van der Waals surface area contributed by atoms with Crippen molar-refractivity contribution in [1.82, 2.24) is 16.2 Å². The fourth-order valence-electron chi connectivity index (χ4n) is 1.67. The largest absolute Gasteiger partial charge is 0.322 e. The van der Waals surface area contributed by atoms with Gasteiger partial charge < -0.3 is 5.32 Å². The van der Waals surface area contributed by atoms with Gasteiger partial charge >= 0.3 is 0 Å². The van der Waals surface area contributed by atoms with Crippen LogP contribution in [0.5, 0.6) is 0 Å². The van der Waals surface area contributed by atoms with Gasteiger partial charge in [-0.2, -0.15) is 0 Å². The van der Waals surface area contributed by atoms with Gasteiger partial charge in [-0.1, -0.05) is 24.3 Å². The van der Waals surface area contributed by atoms with Crippen molar-refractivity contribution in [2.24, 2.45) is 0 Å². The maximum absolute atomic E-state index is 12.0. The van der Waals surface area contributed by atoms with Crippen LogP contribution in [0.2, 0.25) is 0 Å². The average molecular weight is 291 g/mol. The van der Waals surface area contributed by atoms with Crippen LogP contribution in [0.3, 0.4) is 0 Å². The number of alkyl halides is 1. The van der Waals surface area contributed by atoms with Crippen molar-refractivity contribution in [3.63, 3.8) is 0 Å². The lowest BCUT2D eigenvalue weighted by Crippen LogP contribution is -2.32. The van der Waals surface area contributed by atoms with Crippen molar-refractivity contribution in [3.8, 4) is 0 Å². The number of amides is 1. The van der Waals surface area contributed by atoms with E-state index in [9.17, 15) is 9.18 Å². The molecule has 114 valence electrons. The molecule has 0 aromatic heterocycles. The van der Waals surface area contributed by atoms with Gasteiger partial charge in [-0.15, -0.1) is 0 Å². The maximum Gasteiger partial charge on any atom is 0.255 e. The third kappa shape index (κ3) is 6.33. The summed E-state index contributed by atoms with van der Waals surface area (Å²) in [6.45, 7) is 4.20. The fourth-order valence-corrected chi connectivity index (χ4v) is 1.67. The minimum Gasteiger partial charge on any atom is -0.322 e. The number of carbonyl (C=O) groups excluding carboxylic acids is 1. The van der Waals surface area contributed by atoms with Crippen molar-refractivity contribution in [3.05, 3.63) is 59.3 Å². The molecule has 1 rings (SSSR count). The zero-order valence-electron chi connectivity index (χ0n) is 12.4. The quantitative estimate of drug-likeness (QED) is 0.392. The first-order chi connectivity index (χ1) is 10.2. The van der Waals surface area contributed by atoms with Gasteiger partial charge in [0.05, 0.1) is 0 Å². The van der Waals surface area contributed by atoms with E-state index in [-0.39, 0.29) is 12.5 Å². The number of hydrazine groups is 1. The number of hydrogen-bond acceptors (Lipinski definition) is 3. The molecule has 0 unspecified atom stereocenters. The van der Waals surface area contributed by atoms with E-state index in [0.29, 0.717) is 12.1 Å². The number of carbonyl (C=O) groups is 1. The molecule has 4 nitrogen and oxygen atoms in total. The van der Waals surface area contributed by atoms with E-state index in [0.717, 1.165) is 11.3 Å². The molecule has 3 N–H and O–H groups in total. The predicted octanol–water partition coefficient (Wildman–Crippen LogP) is 2.46. The molecule has 0 saturated carbocycles. The highest BCUT2D eigenvalue weighted by Gasteiger charge is 2.05. The van der Waals surface area contributed by atoms with Crippen molar-refractivity contribution in [1.29, 1.82) is 0 Å². The summed E-state index contributed by atoms with van der Waals surface area (Å²) in [6.07, 6.45) is 5.55. The highest BCUT2D eigenvalue weighted by atomic mass is 19.1. The van der Waals surface area contributed by atoms with E-state index in [4.69, 9.17) is 0 Å². The van der Waals surface area contributed by atoms with E-state index in [2.05, 4.69) is 16.2 Å². The number of allylic oxidation sites excluding steroid dienone is 3. The summed E-state index contributed by atoms with van der Waals surface area (Å²) < 4.78 is 11.9. The summed E-state index contributed by atoms with van der Waals surface area (Å²) >= 11 is 0. The first-order valence-corrected chi connectivity index (χ1v) is 6.92. The summed E-state index contributed by atoms with van der Waals surface area (Å²) in [6, 6.07) is 7.27. The van der Waals surface area contributed by atoms with Gasteiger partial charge in [0.25, 0.3) is 5.91 Å². The van der Waals surface area contributed by atoms with Crippen LogP contribution in [0.1, 0.15) is 29.8 Å². The summed E-state index contributed by atoms with van der Waals surface area (Å²) in [5.74, 6) is -0.142. The summed E-state index contributed by atoms with van der Waals surface area (Å²) in [5, 5.41) is 2.83. The van der Waals surface area contributed by atoms with Gasteiger partial charge in [0, 0.05) is 24.4 Å². The van der Waals surface area contributed by atoms with Crippen LogP contribution in [-0.4, -0.2) is 19.1 Å².